The van der Waals surface area contributed by atoms with Crippen LogP contribution in [0.4, 0.5) is 0 Å². The highest BCUT2D eigenvalue weighted by atomic mass is 32.2. The number of sulfonamides is 1. The Balaban J connectivity index is 1.44. The van der Waals surface area contributed by atoms with Crippen molar-refractivity contribution in [2.24, 2.45) is 5.92 Å². The van der Waals surface area contributed by atoms with Gasteiger partial charge in [0.1, 0.15) is 11.7 Å². The van der Waals surface area contributed by atoms with Crippen LogP contribution in [-0.2, 0) is 19.6 Å². The lowest BCUT2D eigenvalue weighted by atomic mass is 10.0. The number of carbonyl (C=O) groups excluding carboxylic acids is 3. The zero-order chi connectivity index (χ0) is 27.3. The van der Waals surface area contributed by atoms with Crippen LogP contribution in [0.15, 0.2) is 65.8 Å². The van der Waals surface area contributed by atoms with E-state index in [1.807, 2.05) is 32.0 Å². The van der Waals surface area contributed by atoms with Crippen LogP contribution < -0.4 is 10.6 Å². The molecule has 1 unspecified atom stereocenters. The van der Waals surface area contributed by atoms with E-state index in [1.54, 1.807) is 30.3 Å². The van der Waals surface area contributed by atoms with E-state index in [9.17, 15) is 22.8 Å². The zero-order valence-electron chi connectivity index (χ0n) is 21.3. The van der Waals surface area contributed by atoms with Gasteiger partial charge < -0.3 is 10.6 Å². The number of nitrogens with zero attached hydrogens (tertiary/aromatic N) is 3. The molecule has 0 bridgehead atoms. The summed E-state index contributed by atoms with van der Waals surface area (Å²) in [6.45, 7) is 3.62. The second kappa shape index (κ2) is 11.8. The van der Waals surface area contributed by atoms with E-state index in [0.717, 1.165) is 9.69 Å². The van der Waals surface area contributed by atoms with E-state index >= 15 is 0 Å². The Bertz CT molecular complexity index is 1430. The number of nitrogens with one attached hydrogen (secondary N) is 2. The Kier molecular flexibility index (Phi) is 8.48. The van der Waals surface area contributed by atoms with E-state index in [0.29, 0.717) is 18.4 Å². The van der Waals surface area contributed by atoms with E-state index in [1.165, 1.54) is 12.3 Å². The second-order valence-electron chi connectivity index (χ2n) is 9.72. The van der Waals surface area contributed by atoms with Crippen LogP contribution in [0.1, 0.15) is 43.6 Å². The molecule has 3 heterocycles. The van der Waals surface area contributed by atoms with Crippen LogP contribution in [-0.4, -0.2) is 65.5 Å². The maximum Gasteiger partial charge on any atom is 0.270 e. The lowest BCUT2D eigenvalue weighted by Gasteiger charge is -2.23. The Hall–Kier alpha value is -3.70. The average Bonchev–Trinajstić information content (AvgIpc) is 3.09. The van der Waals surface area contributed by atoms with Gasteiger partial charge in [0.15, 0.2) is 10.8 Å². The number of carbonyl (C=O) groups is 3. The molecule has 0 saturated carbocycles. The van der Waals surface area contributed by atoms with Crippen molar-refractivity contribution in [2.75, 3.05) is 13.1 Å². The minimum Gasteiger partial charge on any atom is -0.344 e. The van der Waals surface area contributed by atoms with Crippen molar-refractivity contribution in [1.29, 1.82) is 0 Å². The fraction of sp³-hybridized carbons (Fsp3) is 0.370. The zero-order valence-corrected chi connectivity index (χ0v) is 22.1. The van der Waals surface area contributed by atoms with Gasteiger partial charge in [0, 0.05) is 18.1 Å². The Morgan fingerprint density at radius 1 is 1.08 bits per heavy atom. The Morgan fingerprint density at radius 2 is 1.84 bits per heavy atom. The van der Waals surface area contributed by atoms with Gasteiger partial charge in [-0.3, -0.25) is 14.4 Å². The Morgan fingerprint density at radius 3 is 2.58 bits per heavy atom. The van der Waals surface area contributed by atoms with Crippen molar-refractivity contribution in [3.63, 3.8) is 0 Å². The number of hydrogen-bond donors (Lipinski definition) is 2. The first-order valence-corrected chi connectivity index (χ1v) is 14.0. The maximum absolute atomic E-state index is 13.2. The SMILES string of the molecule is CC(C)C[C@H](NC(=O)c1ccc2ccccc2n1)C(=O)NC1CCCN(S(=O)(=O)c2ccccn2)CC1=O. The van der Waals surface area contributed by atoms with Gasteiger partial charge >= 0.3 is 0 Å². The average molecular weight is 538 g/mol. The van der Waals surface area contributed by atoms with Gasteiger partial charge in [0.05, 0.1) is 18.1 Å². The van der Waals surface area contributed by atoms with E-state index < -0.39 is 39.7 Å². The summed E-state index contributed by atoms with van der Waals surface area (Å²) in [7, 11) is -3.94. The third-order valence-electron chi connectivity index (χ3n) is 6.34. The van der Waals surface area contributed by atoms with E-state index in [-0.39, 0.29) is 36.1 Å². The fourth-order valence-electron chi connectivity index (χ4n) is 4.39. The molecule has 1 aliphatic heterocycles. The summed E-state index contributed by atoms with van der Waals surface area (Å²) in [6.07, 6.45) is 2.40. The molecule has 2 aromatic heterocycles. The summed E-state index contributed by atoms with van der Waals surface area (Å²) >= 11 is 0. The number of amides is 2. The molecule has 2 amide bonds. The number of hydrogen-bond acceptors (Lipinski definition) is 7. The number of Topliss-reactive ketones (excluding diaryl/α,β-unsaturated/α-hetero) is 1. The van der Waals surface area contributed by atoms with E-state index in [2.05, 4.69) is 20.6 Å². The Labute approximate surface area is 221 Å². The molecular formula is C27H31N5O5S. The first kappa shape index (κ1) is 27.3. The fourth-order valence-corrected chi connectivity index (χ4v) is 5.76. The molecule has 10 nitrogen and oxygen atoms in total. The minimum absolute atomic E-state index is 0.0828. The van der Waals surface area contributed by atoms with Crippen molar-refractivity contribution >= 4 is 38.5 Å². The molecule has 200 valence electrons. The quantitative estimate of drug-likeness (QED) is 0.450. The number of ketones is 1. The molecule has 2 atom stereocenters. The highest BCUT2D eigenvalue weighted by molar-refractivity contribution is 7.89. The van der Waals surface area contributed by atoms with Crippen LogP contribution >= 0.6 is 0 Å². The molecular weight excluding hydrogens is 506 g/mol. The summed E-state index contributed by atoms with van der Waals surface area (Å²) < 4.78 is 27.0. The molecule has 1 aromatic carbocycles. The molecule has 0 spiro atoms. The molecule has 1 aliphatic rings. The van der Waals surface area contributed by atoms with Crippen LogP contribution in [0.5, 0.6) is 0 Å². The van der Waals surface area contributed by atoms with Gasteiger partial charge in [-0.1, -0.05) is 44.2 Å². The summed E-state index contributed by atoms with van der Waals surface area (Å²) in [5.41, 5.74) is 0.852. The molecule has 11 heteroatoms. The molecule has 1 saturated heterocycles. The first-order chi connectivity index (χ1) is 18.1. The number of para-hydroxylation sites is 1. The number of fused-ring (bicyclic) bond motifs is 1. The number of aromatic nitrogens is 2. The van der Waals surface area contributed by atoms with Gasteiger partial charge in [-0.15, -0.1) is 0 Å². The summed E-state index contributed by atoms with van der Waals surface area (Å²) in [5.74, 6) is -1.32. The lowest BCUT2D eigenvalue weighted by molar-refractivity contribution is -0.129. The largest absolute Gasteiger partial charge is 0.344 e. The number of pyridine rings is 2. The smallest absolute Gasteiger partial charge is 0.270 e. The summed E-state index contributed by atoms with van der Waals surface area (Å²) in [4.78, 5) is 47.6. The highest BCUT2D eigenvalue weighted by Gasteiger charge is 2.35. The monoisotopic (exact) mass is 537 g/mol. The molecule has 38 heavy (non-hydrogen) atoms. The summed E-state index contributed by atoms with van der Waals surface area (Å²) in [6, 6.07) is 13.6. The number of benzene rings is 1. The maximum atomic E-state index is 13.2. The van der Waals surface area contributed by atoms with Crippen LogP contribution in [0.2, 0.25) is 0 Å². The van der Waals surface area contributed by atoms with Crippen LogP contribution in [0.3, 0.4) is 0 Å². The van der Waals surface area contributed by atoms with Gasteiger partial charge in [0.25, 0.3) is 15.9 Å². The van der Waals surface area contributed by atoms with Gasteiger partial charge in [-0.05, 0) is 49.4 Å². The van der Waals surface area contributed by atoms with E-state index in [4.69, 9.17) is 0 Å². The number of rotatable bonds is 8. The second-order valence-corrected chi connectivity index (χ2v) is 11.6. The van der Waals surface area contributed by atoms with Crippen molar-refractivity contribution in [3.05, 3.63) is 66.5 Å². The third-order valence-corrected chi connectivity index (χ3v) is 8.10. The third kappa shape index (κ3) is 6.40. The predicted octanol–water partition coefficient (Wildman–Crippen LogP) is 2.31. The normalized spacial score (nSPS) is 17.7. The standard InChI is InChI=1S/C27H31N5O5S/c1-18(2)16-23(31-26(34)22-13-12-19-8-3-4-9-20(19)29-22)27(35)30-21-10-7-15-32(17-24(21)33)38(36,37)25-11-5-6-14-28-25/h3-6,8-9,11-14,18,21,23H,7,10,15-17H2,1-2H3,(H,30,35)(H,31,34)/t21?,23-/m0/s1. The van der Waals surface area contributed by atoms with Crippen molar-refractivity contribution < 1.29 is 22.8 Å². The van der Waals surface area contributed by atoms with Crippen LogP contribution in [0.25, 0.3) is 10.9 Å². The molecule has 2 N–H and O–H groups in total. The lowest BCUT2D eigenvalue weighted by Crippen LogP contribution is -2.52. The molecule has 0 radical (unpaired) electrons. The van der Waals surface area contributed by atoms with Gasteiger partial charge in [-0.25, -0.2) is 18.4 Å². The van der Waals surface area contributed by atoms with Gasteiger partial charge in [0.2, 0.25) is 5.91 Å². The molecule has 1 fully saturated rings. The first-order valence-electron chi connectivity index (χ1n) is 12.6. The topological polar surface area (TPSA) is 138 Å². The van der Waals surface area contributed by atoms with Crippen molar-refractivity contribution in [1.82, 2.24) is 24.9 Å². The highest BCUT2D eigenvalue weighted by Crippen LogP contribution is 2.18. The van der Waals surface area contributed by atoms with Crippen LogP contribution in [0, 0.1) is 5.92 Å². The molecule has 3 aromatic rings. The molecule has 4 rings (SSSR count). The van der Waals surface area contributed by atoms with Gasteiger partial charge in [-0.2, -0.15) is 4.31 Å². The van der Waals surface area contributed by atoms with Crippen molar-refractivity contribution in [3.8, 4) is 0 Å². The molecule has 0 aliphatic carbocycles. The minimum atomic E-state index is -3.94. The predicted molar refractivity (Wildman–Crippen MR) is 142 cm³/mol. The van der Waals surface area contributed by atoms with Crippen molar-refractivity contribution in [2.45, 2.75) is 50.2 Å². The summed E-state index contributed by atoms with van der Waals surface area (Å²) in [5, 5.41) is 6.28.